The van der Waals surface area contributed by atoms with E-state index < -0.39 is 10.1 Å². The number of hydrogen-bond donors (Lipinski definition) is 2. The standard InChI is InChI=1S/C21H18N4O4S/c1-30(26,27)29-19-12-5-2-9-16(19)20(22)23-14-7-6-8-15(13-14)24-21-17-10-3-4-11-18(17)28-25-21/h2-13H,1H3,(H2,22,23)(H,24,25). The van der Waals surface area contributed by atoms with Crippen LogP contribution in [0.1, 0.15) is 5.56 Å². The molecule has 1 aromatic heterocycles. The third-order valence-electron chi connectivity index (χ3n) is 4.14. The second kappa shape index (κ2) is 7.88. The van der Waals surface area contributed by atoms with Gasteiger partial charge in [-0.2, -0.15) is 8.42 Å². The molecule has 0 atom stereocenters. The molecule has 9 heteroatoms. The van der Waals surface area contributed by atoms with Gasteiger partial charge in [0.2, 0.25) is 0 Å². The van der Waals surface area contributed by atoms with E-state index in [4.69, 9.17) is 14.4 Å². The number of amidine groups is 1. The number of aromatic nitrogens is 1. The zero-order chi connectivity index (χ0) is 21.1. The van der Waals surface area contributed by atoms with Crippen molar-refractivity contribution in [3.05, 3.63) is 78.4 Å². The number of hydrogen-bond acceptors (Lipinski definition) is 7. The lowest BCUT2D eigenvalue weighted by atomic mass is 10.2. The Bertz CT molecular complexity index is 1350. The summed E-state index contributed by atoms with van der Waals surface area (Å²) >= 11 is 0. The fraction of sp³-hybridized carbons (Fsp3) is 0.0476. The van der Waals surface area contributed by atoms with Crippen molar-refractivity contribution in [2.24, 2.45) is 10.7 Å². The van der Waals surface area contributed by atoms with E-state index in [0.717, 1.165) is 17.3 Å². The second-order valence-corrected chi connectivity index (χ2v) is 8.06. The van der Waals surface area contributed by atoms with E-state index in [-0.39, 0.29) is 11.6 Å². The molecular formula is C21H18N4O4S. The van der Waals surface area contributed by atoms with Gasteiger partial charge in [0.25, 0.3) is 0 Å². The number of nitrogens with one attached hydrogen (secondary N) is 1. The normalized spacial score (nSPS) is 12.1. The number of benzene rings is 3. The van der Waals surface area contributed by atoms with Crippen LogP contribution in [0, 0.1) is 0 Å². The van der Waals surface area contributed by atoms with Gasteiger partial charge in [-0.1, -0.05) is 35.5 Å². The van der Waals surface area contributed by atoms with Crippen LogP contribution in [0.25, 0.3) is 11.0 Å². The molecule has 30 heavy (non-hydrogen) atoms. The molecule has 0 amide bonds. The SMILES string of the molecule is CS(=O)(=O)Oc1ccccc1C(N)=Nc1cccc(Nc2noc3ccccc23)c1. The monoisotopic (exact) mass is 422 g/mol. The van der Waals surface area contributed by atoms with Crippen molar-refractivity contribution in [3.63, 3.8) is 0 Å². The molecule has 0 unspecified atom stereocenters. The maximum Gasteiger partial charge on any atom is 0.306 e. The molecule has 0 saturated heterocycles. The maximum absolute atomic E-state index is 11.5. The van der Waals surface area contributed by atoms with Crippen molar-refractivity contribution in [3.8, 4) is 5.75 Å². The predicted molar refractivity (Wildman–Crippen MR) is 116 cm³/mol. The summed E-state index contributed by atoms with van der Waals surface area (Å²) in [7, 11) is -3.70. The van der Waals surface area contributed by atoms with Crippen LogP contribution in [0.2, 0.25) is 0 Å². The minimum Gasteiger partial charge on any atom is -0.383 e. The zero-order valence-corrected chi connectivity index (χ0v) is 16.8. The van der Waals surface area contributed by atoms with E-state index in [1.54, 1.807) is 30.3 Å². The summed E-state index contributed by atoms with van der Waals surface area (Å²) in [6.45, 7) is 0. The molecule has 0 fully saturated rings. The van der Waals surface area contributed by atoms with Gasteiger partial charge in [0.05, 0.1) is 22.9 Å². The van der Waals surface area contributed by atoms with Gasteiger partial charge < -0.3 is 19.8 Å². The zero-order valence-electron chi connectivity index (χ0n) is 15.9. The molecule has 0 bridgehead atoms. The van der Waals surface area contributed by atoms with E-state index in [0.29, 0.717) is 22.7 Å². The van der Waals surface area contributed by atoms with Gasteiger partial charge in [-0.15, -0.1) is 0 Å². The third kappa shape index (κ3) is 4.41. The first-order valence-electron chi connectivity index (χ1n) is 8.93. The maximum atomic E-state index is 11.5. The average Bonchev–Trinajstić information content (AvgIpc) is 3.10. The second-order valence-electron chi connectivity index (χ2n) is 6.48. The summed E-state index contributed by atoms with van der Waals surface area (Å²) in [5.74, 6) is 0.828. The first kappa shape index (κ1) is 19.5. The van der Waals surface area contributed by atoms with Crippen LogP contribution < -0.4 is 15.2 Å². The molecule has 1 heterocycles. The highest BCUT2D eigenvalue weighted by atomic mass is 32.2. The van der Waals surface area contributed by atoms with Crippen LogP contribution in [0.5, 0.6) is 5.75 Å². The summed E-state index contributed by atoms with van der Waals surface area (Å²) in [4.78, 5) is 4.41. The Morgan fingerprint density at radius 2 is 1.83 bits per heavy atom. The van der Waals surface area contributed by atoms with Gasteiger partial charge >= 0.3 is 10.1 Å². The lowest BCUT2D eigenvalue weighted by molar-refractivity contribution is 0.460. The molecule has 0 aliphatic carbocycles. The van der Waals surface area contributed by atoms with Gasteiger partial charge in [-0.3, -0.25) is 0 Å². The van der Waals surface area contributed by atoms with E-state index in [1.807, 2.05) is 36.4 Å². The highest BCUT2D eigenvalue weighted by Crippen LogP contribution is 2.28. The van der Waals surface area contributed by atoms with Crippen LogP contribution >= 0.6 is 0 Å². The Kier molecular flexibility index (Phi) is 5.11. The number of aliphatic imine (C=N–C) groups is 1. The molecule has 0 saturated carbocycles. The number of para-hydroxylation sites is 2. The molecule has 0 aliphatic heterocycles. The van der Waals surface area contributed by atoms with Crippen LogP contribution in [0.4, 0.5) is 17.2 Å². The first-order chi connectivity index (χ1) is 14.4. The predicted octanol–water partition coefficient (Wildman–Crippen LogP) is 3.95. The smallest absolute Gasteiger partial charge is 0.306 e. The minimum atomic E-state index is -3.70. The molecule has 3 aromatic carbocycles. The Balaban J connectivity index is 1.62. The lowest BCUT2D eigenvalue weighted by Crippen LogP contribution is -2.16. The fourth-order valence-electron chi connectivity index (χ4n) is 2.88. The molecule has 8 nitrogen and oxygen atoms in total. The molecule has 3 N–H and O–H groups in total. The van der Waals surface area contributed by atoms with Gasteiger partial charge in [0, 0.05) is 5.69 Å². The van der Waals surface area contributed by atoms with E-state index in [9.17, 15) is 8.42 Å². The highest BCUT2D eigenvalue weighted by Gasteiger charge is 2.12. The quantitative estimate of drug-likeness (QED) is 0.274. The fourth-order valence-corrected chi connectivity index (χ4v) is 3.35. The summed E-state index contributed by atoms with van der Waals surface area (Å²) in [5, 5.41) is 8.12. The molecule has 4 aromatic rings. The topological polar surface area (TPSA) is 120 Å². The summed E-state index contributed by atoms with van der Waals surface area (Å²) in [6.07, 6.45) is 0.972. The van der Waals surface area contributed by atoms with Crippen molar-refractivity contribution in [1.82, 2.24) is 5.16 Å². The number of rotatable bonds is 6. The highest BCUT2D eigenvalue weighted by molar-refractivity contribution is 7.86. The van der Waals surface area contributed by atoms with Gasteiger partial charge in [-0.05, 0) is 42.5 Å². The van der Waals surface area contributed by atoms with Crippen LogP contribution in [0.3, 0.4) is 0 Å². The Morgan fingerprint density at radius 3 is 2.67 bits per heavy atom. The Hall–Kier alpha value is -3.85. The molecule has 4 rings (SSSR count). The number of fused-ring (bicyclic) bond motifs is 1. The summed E-state index contributed by atoms with van der Waals surface area (Å²) in [6, 6.07) is 21.3. The van der Waals surface area contributed by atoms with Gasteiger partial charge in [0.15, 0.2) is 17.2 Å². The van der Waals surface area contributed by atoms with Crippen molar-refractivity contribution < 1.29 is 17.1 Å². The summed E-state index contributed by atoms with van der Waals surface area (Å²) < 4.78 is 33.3. The number of nitrogens with zero attached hydrogens (tertiary/aromatic N) is 2. The van der Waals surface area contributed by atoms with Gasteiger partial charge in [-0.25, -0.2) is 4.99 Å². The Labute approximate surface area is 173 Å². The van der Waals surface area contributed by atoms with Crippen molar-refractivity contribution in [2.75, 3.05) is 11.6 Å². The number of nitrogens with two attached hydrogens (primary N) is 1. The largest absolute Gasteiger partial charge is 0.383 e. The molecule has 0 aliphatic rings. The van der Waals surface area contributed by atoms with Crippen molar-refractivity contribution in [2.45, 2.75) is 0 Å². The minimum absolute atomic E-state index is 0.115. The molecular weight excluding hydrogens is 404 g/mol. The van der Waals surface area contributed by atoms with E-state index in [1.165, 1.54) is 6.07 Å². The molecule has 0 radical (unpaired) electrons. The Morgan fingerprint density at radius 1 is 1.07 bits per heavy atom. The van der Waals surface area contributed by atoms with Crippen LogP contribution in [0.15, 0.2) is 82.3 Å². The van der Waals surface area contributed by atoms with E-state index >= 15 is 0 Å². The first-order valence-corrected chi connectivity index (χ1v) is 10.8. The molecule has 0 spiro atoms. The van der Waals surface area contributed by atoms with Crippen molar-refractivity contribution in [1.29, 1.82) is 0 Å². The van der Waals surface area contributed by atoms with Crippen LogP contribution in [-0.2, 0) is 10.1 Å². The summed E-state index contributed by atoms with van der Waals surface area (Å²) in [5.41, 5.74) is 8.50. The molecule has 152 valence electrons. The van der Waals surface area contributed by atoms with Crippen LogP contribution in [-0.4, -0.2) is 25.7 Å². The van der Waals surface area contributed by atoms with Gasteiger partial charge in [0.1, 0.15) is 5.84 Å². The lowest BCUT2D eigenvalue weighted by Gasteiger charge is -2.09. The van der Waals surface area contributed by atoms with E-state index in [2.05, 4.69) is 15.5 Å². The van der Waals surface area contributed by atoms with Crippen molar-refractivity contribution >= 4 is 44.1 Å². The number of anilines is 2. The third-order valence-corrected chi connectivity index (χ3v) is 4.62. The average molecular weight is 422 g/mol.